The molecular formula is C23H25FN2O. The molecule has 0 radical (unpaired) electrons. The first kappa shape index (κ1) is 19.0. The van der Waals surface area contributed by atoms with E-state index in [1.165, 1.54) is 49.8 Å². The maximum absolute atomic E-state index is 13.5. The summed E-state index contributed by atoms with van der Waals surface area (Å²) < 4.78 is 13.5. The van der Waals surface area contributed by atoms with Crippen LogP contribution >= 0.6 is 0 Å². The highest BCUT2D eigenvalue weighted by molar-refractivity contribution is 5.64. The van der Waals surface area contributed by atoms with E-state index in [1.807, 2.05) is 0 Å². The average molecular weight is 364 g/mol. The standard InChI is InChI=1S/C23H25FN2O/c1-2-3-4-5-6-7-17-8-10-18(11-9-17)20-15-25-23(26-16-20)19-12-13-22(27)21(24)14-19/h8-16,27H,2-7H2,1H3. The van der Waals surface area contributed by atoms with Crippen molar-refractivity contribution in [3.8, 4) is 28.3 Å². The molecule has 0 amide bonds. The normalized spacial score (nSPS) is 10.9. The van der Waals surface area contributed by atoms with E-state index < -0.39 is 5.82 Å². The van der Waals surface area contributed by atoms with Crippen LogP contribution in [0.15, 0.2) is 54.9 Å². The fourth-order valence-electron chi connectivity index (χ4n) is 3.07. The summed E-state index contributed by atoms with van der Waals surface area (Å²) >= 11 is 0. The van der Waals surface area contributed by atoms with Gasteiger partial charge in [-0.15, -0.1) is 0 Å². The summed E-state index contributed by atoms with van der Waals surface area (Å²) in [5.74, 6) is -0.618. The molecule has 140 valence electrons. The van der Waals surface area contributed by atoms with Crippen molar-refractivity contribution >= 4 is 0 Å². The van der Waals surface area contributed by atoms with Crippen LogP contribution in [0.2, 0.25) is 0 Å². The molecule has 0 bridgehead atoms. The van der Waals surface area contributed by atoms with E-state index in [1.54, 1.807) is 18.5 Å². The number of halogens is 1. The molecule has 0 spiro atoms. The Hall–Kier alpha value is -2.75. The van der Waals surface area contributed by atoms with Gasteiger partial charge in [-0.25, -0.2) is 14.4 Å². The quantitative estimate of drug-likeness (QED) is 0.486. The summed E-state index contributed by atoms with van der Waals surface area (Å²) in [5, 5.41) is 9.28. The summed E-state index contributed by atoms with van der Waals surface area (Å²) in [6, 6.07) is 12.7. The minimum Gasteiger partial charge on any atom is -0.505 e. The molecule has 1 heterocycles. The van der Waals surface area contributed by atoms with E-state index in [9.17, 15) is 9.50 Å². The SMILES string of the molecule is CCCCCCCc1ccc(-c2cnc(-c3ccc(O)c(F)c3)nc2)cc1. The molecule has 27 heavy (non-hydrogen) atoms. The van der Waals surface area contributed by atoms with Gasteiger partial charge in [0.25, 0.3) is 0 Å². The number of aromatic nitrogens is 2. The molecule has 1 aromatic heterocycles. The van der Waals surface area contributed by atoms with Crippen LogP contribution in [0.1, 0.15) is 44.6 Å². The number of benzene rings is 2. The van der Waals surface area contributed by atoms with Crippen molar-refractivity contribution in [3.63, 3.8) is 0 Å². The van der Waals surface area contributed by atoms with Crippen molar-refractivity contribution < 1.29 is 9.50 Å². The molecule has 0 atom stereocenters. The lowest BCUT2D eigenvalue weighted by Crippen LogP contribution is -1.91. The average Bonchev–Trinajstić information content (AvgIpc) is 2.71. The van der Waals surface area contributed by atoms with Crippen LogP contribution in [0, 0.1) is 5.82 Å². The van der Waals surface area contributed by atoms with Crippen LogP contribution in [-0.2, 0) is 6.42 Å². The summed E-state index contributed by atoms with van der Waals surface area (Å²) in [4.78, 5) is 8.67. The zero-order valence-corrected chi connectivity index (χ0v) is 15.7. The van der Waals surface area contributed by atoms with Gasteiger partial charge >= 0.3 is 0 Å². The van der Waals surface area contributed by atoms with Crippen LogP contribution < -0.4 is 0 Å². The van der Waals surface area contributed by atoms with Crippen molar-refractivity contribution in [2.45, 2.75) is 45.4 Å². The van der Waals surface area contributed by atoms with Gasteiger partial charge < -0.3 is 5.11 Å². The van der Waals surface area contributed by atoms with Crippen LogP contribution in [0.3, 0.4) is 0 Å². The Labute approximate surface area is 159 Å². The summed E-state index contributed by atoms with van der Waals surface area (Å²) in [7, 11) is 0. The number of unbranched alkanes of at least 4 members (excludes halogenated alkanes) is 4. The lowest BCUT2D eigenvalue weighted by molar-refractivity contribution is 0.432. The number of aryl methyl sites for hydroxylation is 1. The zero-order chi connectivity index (χ0) is 19.1. The predicted molar refractivity (Wildman–Crippen MR) is 107 cm³/mol. The largest absolute Gasteiger partial charge is 0.505 e. The molecule has 0 aliphatic carbocycles. The third kappa shape index (κ3) is 5.13. The van der Waals surface area contributed by atoms with Crippen LogP contribution in [0.25, 0.3) is 22.5 Å². The van der Waals surface area contributed by atoms with Crippen LogP contribution in [0.4, 0.5) is 4.39 Å². The van der Waals surface area contributed by atoms with Gasteiger partial charge in [-0.05, 0) is 42.2 Å². The Kier molecular flexibility index (Phi) is 6.53. The van der Waals surface area contributed by atoms with Crippen molar-refractivity contribution in [2.24, 2.45) is 0 Å². The molecule has 0 fully saturated rings. The van der Waals surface area contributed by atoms with Gasteiger partial charge in [0.2, 0.25) is 0 Å². The second kappa shape index (κ2) is 9.26. The Morgan fingerprint density at radius 2 is 1.48 bits per heavy atom. The van der Waals surface area contributed by atoms with Gasteiger partial charge in [0.05, 0.1) is 0 Å². The lowest BCUT2D eigenvalue weighted by Gasteiger charge is -2.06. The minimum atomic E-state index is -0.676. The molecule has 0 aliphatic heterocycles. The van der Waals surface area contributed by atoms with Crippen molar-refractivity contribution in [3.05, 3.63) is 66.2 Å². The zero-order valence-electron chi connectivity index (χ0n) is 15.7. The van der Waals surface area contributed by atoms with E-state index in [-0.39, 0.29) is 5.75 Å². The number of hydrogen-bond acceptors (Lipinski definition) is 3. The smallest absolute Gasteiger partial charge is 0.165 e. The van der Waals surface area contributed by atoms with Gasteiger partial charge in [0.1, 0.15) is 0 Å². The van der Waals surface area contributed by atoms with Crippen molar-refractivity contribution in [2.75, 3.05) is 0 Å². The molecule has 2 aromatic carbocycles. The monoisotopic (exact) mass is 364 g/mol. The maximum atomic E-state index is 13.5. The Morgan fingerprint density at radius 3 is 2.15 bits per heavy atom. The molecule has 1 N–H and O–H groups in total. The van der Waals surface area contributed by atoms with Gasteiger partial charge in [-0.3, -0.25) is 0 Å². The molecule has 3 rings (SSSR count). The third-order valence-electron chi connectivity index (χ3n) is 4.71. The molecule has 0 unspecified atom stereocenters. The molecule has 3 nitrogen and oxygen atoms in total. The molecular weight excluding hydrogens is 339 g/mol. The fraction of sp³-hybridized carbons (Fsp3) is 0.304. The summed E-state index contributed by atoms with van der Waals surface area (Å²) in [6.45, 7) is 2.23. The summed E-state index contributed by atoms with van der Waals surface area (Å²) in [6.07, 6.45) is 11.1. The minimum absolute atomic E-state index is 0.374. The number of phenolic OH excluding ortho intramolecular Hbond substituents is 1. The van der Waals surface area contributed by atoms with E-state index in [0.29, 0.717) is 11.4 Å². The first-order chi connectivity index (χ1) is 13.2. The number of hydrogen-bond donors (Lipinski definition) is 1. The first-order valence-electron chi connectivity index (χ1n) is 9.57. The van der Waals surface area contributed by atoms with E-state index >= 15 is 0 Å². The Morgan fingerprint density at radius 1 is 0.815 bits per heavy atom. The molecule has 0 saturated heterocycles. The van der Waals surface area contributed by atoms with Gasteiger partial charge in [-0.2, -0.15) is 0 Å². The maximum Gasteiger partial charge on any atom is 0.165 e. The van der Waals surface area contributed by atoms with E-state index in [2.05, 4.69) is 41.2 Å². The highest BCUT2D eigenvalue weighted by Gasteiger charge is 2.07. The first-order valence-corrected chi connectivity index (χ1v) is 9.57. The molecule has 0 aliphatic rings. The Balaban J connectivity index is 1.63. The van der Waals surface area contributed by atoms with Gasteiger partial charge in [-0.1, -0.05) is 56.9 Å². The molecule has 0 saturated carbocycles. The second-order valence-corrected chi connectivity index (χ2v) is 6.82. The lowest BCUT2D eigenvalue weighted by atomic mass is 10.0. The van der Waals surface area contributed by atoms with Crippen LogP contribution in [-0.4, -0.2) is 15.1 Å². The molecule has 4 heteroatoms. The van der Waals surface area contributed by atoms with E-state index in [4.69, 9.17) is 0 Å². The van der Waals surface area contributed by atoms with Crippen molar-refractivity contribution in [1.82, 2.24) is 9.97 Å². The van der Waals surface area contributed by atoms with Gasteiger partial charge in [0, 0.05) is 23.5 Å². The second-order valence-electron chi connectivity index (χ2n) is 6.82. The summed E-state index contributed by atoms with van der Waals surface area (Å²) in [5.41, 5.74) is 3.88. The van der Waals surface area contributed by atoms with Gasteiger partial charge in [0.15, 0.2) is 17.4 Å². The molecule has 3 aromatic rings. The number of phenols is 1. The van der Waals surface area contributed by atoms with Crippen LogP contribution in [0.5, 0.6) is 5.75 Å². The van der Waals surface area contributed by atoms with Crippen molar-refractivity contribution in [1.29, 1.82) is 0 Å². The topological polar surface area (TPSA) is 46.0 Å². The fourth-order valence-corrected chi connectivity index (χ4v) is 3.07. The number of aromatic hydroxyl groups is 1. The number of nitrogens with zero attached hydrogens (tertiary/aromatic N) is 2. The third-order valence-corrected chi connectivity index (χ3v) is 4.71. The number of rotatable bonds is 8. The highest BCUT2D eigenvalue weighted by Crippen LogP contribution is 2.24. The highest BCUT2D eigenvalue weighted by atomic mass is 19.1. The van der Waals surface area contributed by atoms with E-state index in [0.717, 1.165) is 17.5 Å². The Bertz CT molecular complexity index is 861. The predicted octanol–water partition coefficient (Wildman–Crippen LogP) is 6.17.